The van der Waals surface area contributed by atoms with Gasteiger partial charge in [0, 0.05) is 37.3 Å². The average Bonchev–Trinajstić information content (AvgIpc) is 2.93. The minimum atomic E-state index is 0.522. The second kappa shape index (κ2) is 6.18. The van der Waals surface area contributed by atoms with Crippen molar-refractivity contribution in [2.75, 3.05) is 36.4 Å². The molecule has 5 heteroatoms. The number of nitrogens with zero attached hydrogens (tertiary/aromatic N) is 4. The van der Waals surface area contributed by atoms with Crippen LogP contribution in [0.5, 0.6) is 0 Å². The normalized spacial score (nSPS) is 26.0. The topological polar surface area (TPSA) is 44.3 Å². The standard InChI is InChI=1S/C16H27N5/c1-4-14-15(17-5-2)18-11-19-16(14)21-10-13-7-6-8-20(13)9-12(21)3/h11-13H,4-10H2,1-3H3,(H,17,18,19). The highest BCUT2D eigenvalue weighted by Gasteiger charge is 2.35. The molecule has 3 heterocycles. The quantitative estimate of drug-likeness (QED) is 0.920. The molecule has 2 unspecified atom stereocenters. The van der Waals surface area contributed by atoms with Crippen molar-refractivity contribution < 1.29 is 0 Å². The molecule has 0 spiro atoms. The highest BCUT2D eigenvalue weighted by molar-refractivity contribution is 5.59. The van der Waals surface area contributed by atoms with E-state index in [9.17, 15) is 0 Å². The lowest BCUT2D eigenvalue weighted by atomic mass is 10.1. The Morgan fingerprint density at radius 3 is 2.90 bits per heavy atom. The fourth-order valence-corrected chi connectivity index (χ4v) is 3.78. The molecule has 116 valence electrons. The van der Waals surface area contributed by atoms with Gasteiger partial charge >= 0.3 is 0 Å². The molecule has 5 nitrogen and oxygen atoms in total. The highest BCUT2D eigenvalue weighted by Crippen LogP contribution is 2.31. The molecule has 2 aliphatic rings. The van der Waals surface area contributed by atoms with Crippen molar-refractivity contribution in [3.63, 3.8) is 0 Å². The van der Waals surface area contributed by atoms with Crippen LogP contribution in [0.2, 0.25) is 0 Å². The second-order valence-electron chi connectivity index (χ2n) is 6.20. The molecule has 1 aromatic heterocycles. The minimum absolute atomic E-state index is 0.522. The van der Waals surface area contributed by atoms with Gasteiger partial charge in [0.1, 0.15) is 18.0 Å². The van der Waals surface area contributed by atoms with Crippen molar-refractivity contribution in [2.24, 2.45) is 0 Å². The molecule has 21 heavy (non-hydrogen) atoms. The van der Waals surface area contributed by atoms with E-state index in [4.69, 9.17) is 0 Å². The monoisotopic (exact) mass is 289 g/mol. The van der Waals surface area contributed by atoms with Crippen molar-refractivity contribution in [1.29, 1.82) is 0 Å². The summed E-state index contributed by atoms with van der Waals surface area (Å²) in [6.45, 7) is 11.1. The van der Waals surface area contributed by atoms with Gasteiger partial charge in [0.05, 0.1) is 0 Å². The zero-order chi connectivity index (χ0) is 14.8. The number of aromatic nitrogens is 2. The van der Waals surface area contributed by atoms with Gasteiger partial charge in [-0.3, -0.25) is 4.90 Å². The van der Waals surface area contributed by atoms with Gasteiger partial charge in [0.15, 0.2) is 0 Å². The third-order valence-corrected chi connectivity index (χ3v) is 4.83. The molecule has 0 amide bonds. The van der Waals surface area contributed by atoms with Crippen LogP contribution in [0.25, 0.3) is 0 Å². The van der Waals surface area contributed by atoms with Gasteiger partial charge in [-0.1, -0.05) is 6.92 Å². The summed E-state index contributed by atoms with van der Waals surface area (Å²) in [6, 6.07) is 1.23. The predicted molar refractivity (Wildman–Crippen MR) is 87.0 cm³/mol. The molecule has 0 aromatic carbocycles. The Bertz CT molecular complexity index is 490. The SMILES string of the molecule is CCNc1ncnc(N2CC3CCCN3CC2C)c1CC. The van der Waals surface area contributed by atoms with Crippen LogP contribution in [0, 0.1) is 0 Å². The van der Waals surface area contributed by atoms with Gasteiger partial charge < -0.3 is 10.2 Å². The van der Waals surface area contributed by atoms with Crippen LogP contribution < -0.4 is 10.2 Å². The minimum Gasteiger partial charge on any atom is -0.370 e. The Hall–Kier alpha value is -1.36. The fraction of sp³-hybridized carbons (Fsp3) is 0.750. The summed E-state index contributed by atoms with van der Waals surface area (Å²) in [5.74, 6) is 2.15. The van der Waals surface area contributed by atoms with Gasteiger partial charge in [-0.25, -0.2) is 9.97 Å². The number of rotatable bonds is 4. The maximum atomic E-state index is 4.64. The van der Waals surface area contributed by atoms with Crippen molar-refractivity contribution in [1.82, 2.24) is 14.9 Å². The second-order valence-corrected chi connectivity index (χ2v) is 6.20. The fourth-order valence-electron chi connectivity index (χ4n) is 3.78. The highest BCUT2D eigenvalue weighted by atomic mass is 15.3. The lowest BCUT2D eigenvalue weighted by Gasteiger charge is -2.43. The molecule has 2 atom stereocenters. The number of anilines is 2. The van der Waals surface area contributed by atoms with Crippen LogP contribution in [0.3, 0.4) is 0 Å². The molecule has 0 aliphatic carbocycles. The number of piperazine rings is 1. The molecule has 2 aliphatic heterocycles. The predicted octanol–water partition coefficient (Wildman–Crippen LogP) is 2.14. The molecular formula is C16H27N5. The lowest BCUT2D eigenvalue weighted by Crippen LogP contribution is -2.55. The number of nitrogens with one attached hydrogen (secondary N) is 1. The molecule has 0 bridgehead atoms. The number of hydrogen-bond donors (Lipinski definition) is 1. The Morgan fingerprint density at radius 2 is 2.14 bits per heavy atom. The molecular weight excluding hydrogens is 262 g/mol. The summed E-state index contributed by atoms with van der Waals surface area (Å²) in [5.41, 5.74) is 1.26. The summed E-state index contributed by atoms with van der Waals surface area (Å²) < 4.78 is 0. The first-order valence-electron chi connectivity index (χ1n) is 8.33. The van der Waals surface area contributed by atoms with E-state index in [2.05, 4.69) is 45.9 Å². The number of fused-ring (bicyclic) bond motifs is 1. The zero-order valence-corrected chi connectivity index (χ0v) is 13.5. The average molecular weight is 289 g/mol. The van der Waals surface area contributed by atoms with E-state index >= 15 is 0 Å². The molecule has 0 saturated carbocycles. The maximum absolute atomic E-state index is 4.64. The Labute approximate surface area is 127 Å². The first-order valence-corrected chi connectivity index (χ1v) is 8.33. The molecule has 2 fully saturated rings. The van der Waals surface area contributed by atoms with Crippen molar-refractivity contribution in [3.05, 3.63) is 11.9 Å². The largest absolute Gasteiger partial charge is 0.370 e. The zero-order valence-electron chi connectivity index (χ0n) is 13.5. The number of hydrogen-bond acceptors (Lipinski definition) is 5. The molecule has 0 radical (unpaired) electrons. The van der Waals surface area contributed by atoms with E-state index in [0.29, 0.717) is 12.1 Å². The van der Waals surface area contributed by atoms with Crippen molar-refractivity contribution in [3.8, 4) is 0 Å². The summed E-state index contributed by atoms with van der Waals surface area (Å²) in [5, 5.41) is 3.38. The molecule has 1 aromatic rings. The smallest absolute Gasteiger partial charge is 0.137 e. The van der Waals surface area contributed by atoms with E-state index in [1.54, 1.807) is 6.33 Å². The van der Waals surface area contributed by atoms with Gasteiger partial charge in [-0.05, 0) is 39.7 Å². The first kappa shape index (κ1) is 14.6. The van der Waals surface area contributed by atoms with Gasteiger partial charge in [-0.2, -0.15) is 0 Å². The van der Waals surface area contributed by atoms with Crippen LogP contribution >= 0.6 is 0 Å². The van der Waals surface area contributed by atoms with Crippen molar-refractivity contribution >= 4 is 11.6 Å². The van der Waals surface area contributed by atoms with Crippen LogP contribution in [0.15, 0.2) is 6.33 Å². The Balaban J connectivity index is 1.90. The van der Waals surface area contributed by atoms with Crippen LogP contribution in [0.4, 0.5) is 11.6 Å². The first-order chi connectivity index (χ1) is 10.2. The summed E-state index contributed by atoms with van der Waals surface area (Å²) in [6.07, 6.45) is 5.35. The van der Waals surface area contributed by atoms with Crippen LogP contribution in [-0.2, 0) is 6.42 Å². The lowest BCUT2D eigenvalue weighted by molar-refractivity contribution is 0.202. The summed E-state index contributed by atoms with van der Waals surface area (Å²) >= 11 is 0. The maximum Gasteiger partial charge on any atom is 0.137 e. The van der Waals surface area contributed by atoms with E-state index in [1.807, 2.05) is 0 Å². The Morgan fingerprint density at radius 1 is 1.29 bits per heavy atom. The van der Waals surface area contributed by atoms with E-state index in [1.165, 1.54) is 24.9 Å². The van der Waals surface area contributed by atoms with Crippen LogP contribution in [0.1, 0.15) is 39.2 Å². The Kier molecular flexibility index (Phi) is 4.29. The third kappa shape index (κ3) is 2.71. The third-order valence-electron chi connectivity index (χ3n) is 4.83. The van der Waals surface area contributed by atoms with E-state index < -0.39 is 0 Å². The molecule has 2 saturated heterocycles. The van der Waals surface area contributed by atoms with Gasteiger partial charge in [-0.15, -0.1) is 0 Å². The summed E-state index contributed by atoms with van der Waals surface area (Å²) in [4.78, 5) is 14.2. The molecule has 3 rings (SSSR count). The summed E-state index contributed by atoms with van der Waals surface area (Å²) in [7, 11) is 0. The van der Waals surface area contributed by atoms with Crippen LogP contribution in [-0.4, -0.2) is 53.1 Å². The van der Waals surface area contributed by atoms with E-state index in [0.717, 1.165) is 37.7 Å². The molecule has 1 N–H and O–H groups in total. The van der Waals surface area contributed by atoms with Crippen molar-refractivity contribution in [2.45, 2.75) is 52.1 Å². The van der Waals surface area contributed by atoms with Gasteiger partial charge in [0.2, 0.25) is 0 Å². The van der Waals surface area contributed by atoms with Gasteiger partial charge in [0.25, 0.3) is 0 Å². The van der Waals surface area contributed by atoms with E-state index in [-0.39, 0.29) is 0 Å².